The molecule has 124 valence electrons. The molecule has 2 aromatic heterocycles. The van der Waals surface area contributed by atoms with Crippen LogP contribution in [-0.2, 0) is 14.1 Å². The van der Waals surface area contributed by atoms with E-state index in [9.17, 15) is 19.8 Å². The zero-order valence-corrected chi connectivity index (χ0v) is 13.1. The van der Waals surface area contributed by atoms with E-state index in [4.69, 9.17) is 0 Å². The third-order valence-corrected chi connectivity index (χ3v) is 3.91. The Morgan fingerprint density at radius 1 is 1.00 bits per heavy atom. The van der Waals surface area contributed by atoms with Gasteiger partial charge in [0.2, 0.25) is 0 Å². The first-order chi connectivity index (χ1) is 11.4. The maximum atomic E-state index is 12.1. The molecule has 0 spiro atoms. The second kappa shape index (κ2) is 5.99. The molecule has 2 heterocycles. The summed E-state index contributed by atoms with van der Waals surface area (Å²) in [5, 5.41) is 20.6. The van der Waals surface area contributed by atoms with E-state index >= 15 is 0 Å². The summed E-state index contributed by atoms with van der Waals surface area (Å²) in [6.07, 6.45) is -1.32. The number of benzene rings is 1. The van der Waals surface area contributed by atoms with Gasteiger partial charge in [-0.25, -0.2) is 14.8 Å². The van der Waals surface area contributed by atoms with Gasteiger partial charge in [0.1, 0.15) is 12.2 Å². The number of hydrogen-bond acceptors (Lipinski definition) is 6. The van der Waals surface area contributed by atoms with Crippen LogP contribution in [0.1, 0.15) is 23.5 Å². The van der Waals surface area contributed by atoms with Crippen molar-refractivity contribution in [3.8, 4) is 0 Å². The van der Waals surface area contributed by atoms with E-state index in [1.165, 1.54) is 24.9 Å². The van der Waals surface area contributed by atoms with Crippen LogP contribution in [0.4, 0.5) is 0 Å². The minimum atomic E-state index is -1.34. The molecular formula is C16H16N4O4. The van der Waals surface area contributed by atoms with Crippen LogP contribution in [0.15, 0.2) is 46.1 Å². The average Bonchev–Trinajstić information content (AvgIpc) is 2.63. The van der Waals surface area contributed by atoms with E-state index in [1.807, 2.05) is 0 Å². The lowest BCUT2D eigenvalue weighted by Gasteiger charge is -2.18. The van der Waals surface area contributed by atoms with Crippen LogP contribution in [0.3, 0.4) is 0 Å². The summed E-state index contributed by atoms with van der Waals surface area (Å²) in [5.41, 5.74) is -0.446. The first kappa shape index (κ1) is 16.0. The number of aliphatic hydroxyl groups is 2. The van der Waals surface area contributed by atoms with Gasteiger partial charge in [-0.2, -0.15) is 0 Å². The highest BCUT2D eigenvalue weighted by Crippen LogP contribution is 2.27. The monoisotopic (exact) mass is 328 g/mol. The van der Waals surface area contributed by atoms with Crippen LogP contribution in [-0.4, -0.2) is 29.3 Å². The molecule has 0 saturated carbocycles. The molecule has 2 N–H and O–H groups in total. The molecule has 3 rings (SSSR count). The van der Waals surface area contributed by atoms with Crippen molar-refractivity contribution in [1.29, 1.82) is 0 Å². The van der Waals surface area contributed by atoms with Gasteiger partial charge in [0.25, 0.3) is 5.56 Å². The Morgan fingerprint density at radius 3 is 2.33 bits per heavy atom. The maximum Gasteiger partial charge on any atom is 0.332 e. The highest BCUT2D eigenvalue weighted by atomic mass is 16.3. The van der Waals surface area contributed by atoms with Crippen molar-refractivity contribution in [2.24, 2.45) is 14.1 Å². The number of aliphatic hydroxyl groups excluding tert-OH is 2. The second-order valence-electron chi connectivity index (χ2n) is 5.47. The van der Waals surface area contributed by atoms with E-state index < -0.39 is 23.5 Å². The van der Waals surface area contributed by atoms with Gasteiger partial charge >= 0.3 is 5.69 Å². The fraction of sp³-hybridized carbons (Fsp3) is 0.250. The lowest BCUT2D eigenvalue weighted by atomic mass is 10.0. The molecule has 0 fully saturated rings. The number of fused-ring (bicyclic) bond motifs is 1. The van der Waals surface area contributed by atoms with Crippen LogP contribution >= 0.6 is 0 Å². The lowest BCUT2D eigenvalue weighted by molar-refractivity contribution is 0.0146. The van der Waals surface area contributed by atoms with Crippen molar-refractivity contribution in [1.82, 2.24) is 19.1 Å². The summed E-state index contributed by atoms with van der Waals surface area (Å²) < 4.78 is 2.11. The molecule has 0 bridgehead atoms. The number of nitrogens with zero attached hydrogens (tertiary/aromatic N) is 4. The zero-order chi connectivity index (χ0) is 17.4. The van der Waals surface area contributed by atoms with Gasteiger partial charge in [0, 0.05) is 14.1 Å². The Morgan fingerprint density at radius 2 is 1.67 bits per heavy atom. The molecule has 2 atom stereocenters. The standard InChI is InChI=1S/C16H16N4O4/c1-19-14-11(15(23)20(2)16(19)24)17-8-10(18-14)13(22)12(21)9-6-4-3-5-7-9/h3-8,12-13,21-22H,1-2H3/t12-,13-/m0/s1. The van der Waals surface area contributed by atoms with Crippen molar-refractivity contribution >= 4 is 11.2 Å². The third kappa shape index (κ3) is 2.51. The minimum absolute atomic E-state index is 0.0183. The summed E-state index contributed by atoms with van der Waals surface area (Å²) in [5.74, 6) is 0. The summed E-state index contributed by atoms with van der Waals surface area (Å²) in [6.45, 7) is 0. The highest BCUT2D eigenvalue weighted by molar-refractivity contribution is 5.68. The van der Waals surface area contributed by atoms with Crippen LogP contribution in [0, 0.1) is 0 Å². The molecule has 0 radical (unpaired) electrons. The van der Waals surface area contributed by atoms with Gasteiger partial charge < -0.3 is 10.2 Å². The molecular weight excluding hydrogens is 312 g/mol. The fourth-order valence-electron chi connectivity index (χ4n) is 2.48. The van der Waals surface area contributed by atoms with Gasteiger partial charge in [-0.3, -0.25) is 13.9 Å². The van der Waals surface area contributed by atoms with Crippen LogP contribution < -0.4 is 11.2 Å². The average molecular weight is 328 g/mol. The van der Waals surface area contributed by atoms with Crippen molar-refractivity contribution in [2.45, 2.75) is 12.2 Å². The molecule has 0 saturated heterocycles. The molecule has 8 heteroatoms. The molecule has 3 aromatic rings. The maximum absolute atomic E-state index is 12.1. The Kier molecular flexibility index (Phi) is 4.00. The normalized spacial score (nSPS) is 13.8. The molecule has 0 aliphatic rings. The predicted octanol–water partition coefficient (Wildman–Crippen LogP) is -0.206. The molecule has 1 aromatic carbocycles. The topological polar surface area (TPSA) is 110 Å². The van der Waals surface area contributed by atoms with E-state index in [2.05, 4.69) is 9.97 Å². The van der Waals surface area contributed by atoms with Gasteiger partial charge in [0.15, 0.2) is 11.2 Å². The van der Waals surface area contributed by atoms with Crippen molar-refractivity contribution < 1.29 is 10.2 Å². The zero-order valence-electron chi connectivity index (χ0n) is 13.1. The molecule has 0 aliphatic heterocycles. The van der Waals surface area contributed by atoms with Gasteiger partial charge in [-0.05, 0) is 5.56 Å². The molecule has 0 amide bonds. The summed E-state index contributed by atoms with van der Waals surface area (Å²) in [6, 6.07) is 8.63. The van der Waals surface area contributed by atoms with Crippen LogP contribution in [0.25, 0.3) is 11.2 Å². The third-order valence-electron chi connectivity index (χ3n) is 3.91. The first-order valence-electron chi connectivity index (χ1n) is 7.25. The largest absolute Gasteiger partial charge is 0.385 e. The Labute approximate surface area is 136 Å². The van der Waals surface area contributed by atoms with Crippen LogP contribution in [0.2, 0.25) is 0 Å². The van der Waals surface area contributed by atoms with Crippen molar-refractivity contribution in [3.05, 3.63) is 68.6 Å². The summed E-state index contributed by atoms with van der Waals surface area (Å²) >= 11 is 0. The van der Waals surface area contributed by atoms with E-state index in [1.54, 1.807) is 30.3 Å². The Balaban J connectivity index is 2.11. The highest BCUT2D eigenvalue weighted by Gasteiger charge is 2.23. The smallest absolute Gasteiger partial charge is 0.332 e. The van der Waals surface area contributed by atoms with Gasteiger partial charge in [0.05, 0.1) is 11.9 Å². The van der Waals surface area contributed by atoms with E-state index in [0.29, 0.717) is 5.56 Å². The quantitative estimate of drug-likeness (QED) is 0.688. The predicted molar refractivity (Wildman–Crippen MR) is 86.4 cm³/mol. The van der Waals surface area contributed by atoms with Crippen molar-refractivity contribution in [3.63, 3.8) is 0 Å². The Bertz CT molecular complexity index is 1010. The molecule has 0 aliphatic carbocycles. The molecule has 24 heavy (non-hydrogen) atoms. The van der Waals surface area contributed by atoms with Gasteiger partial charge in [-0.1, -0.05) is 30.3 Å². The number of aryl methyl sites for hydroxylation is 1. The first-order valence-corrected chi connectivity index (χ1v) is 7.25. The van der Waals surface area contributed by atoms with Gasteiger partial charge in [-0.15, -0.1) is 0 Å². The SMILES string of the molecule is Cn1c(=O)c2ncc([C@H](O)[C@@H](O)c3ccccc3)nc2n(C)c1=O. The number of hydrogen-bond donors (Lipinski definition) is 2. The molecule has 8 nitrogen and oxygen atoms in total. The molecule has 0 unspecified atom stereocenters. The Hall–Kier alpha value is -2.84. The van der Waals surface area contributed by atoms with Crippen molar-refractivity contribution in [2.75, 3.05) is 0 Å². The number of aromatic nitrogens is 4. The lowest BCUT2D eigenvalue weighted by Crippen LogP contribution is -2.38. The summed E-state index contributed by atoms with van der Waals surface area (Å²) in [7, 11) is 2.82. The van der Waals surface area contributed by atoms with E-state index in [-0.39, 0.29) is 16.9 Å². The van der Waals surface area contributed by atoms with Crippen LogP contribution in [0.5, 0.6) is 0 Å². The minimum Gasteiger partial charge on any atom is -0.385 e. The second-order valence-corrected chi connectivity index (χ2v) is 5.47. The summed E-state index contributed by atoms with van der Waals surface area (Å²) in [4.78, 5) is 32.2. The number of rotatable bonds is 3. The van der Waals surface area contributed by atoms with E-state index in [0.717, 1.165) is 4.57 Å². The fourth-order valence-corrected chi connectivity index (χ4v) is 2.48.